The fraction of sp³-hybridized carbons (Fsp3) is 0.643. The van der Waals surface area contributed by atoms with E-state index in [9.17, 15) is 47.9 Å². The molecule has 0 aromatic carbocycles. The lowest BCUT2D eigenvalue weighted by Crippen LogP contribution is -2.42. The molecule has 0 bridgehead atoms. The third kappa shape index (κ3) is 19.3. The van der Waals surface area contributed by atoms with E-state index in [4.69, 9.17) is 48.8 Å². The van der Waals surface area contributed by atoms with Crippen molar-refractivity contribution in [2.24, 2.45) is 10.8 Å². The number of rotatable bonds is 25. The zero-order chi connectivity index (χ0) is 36.9. The Balaban J connectivity index is 5.45. The second-order valence-electron chi connectivity index (χ2n) is 10.6. The number of ether oxygens (including phenoxy) is 6. The standard InChI is InChI=1S/C28H38O20/c1-27(13-45-21(37)7-3-17(29)30,14-46-22(38)8-4-18(31)32)25(41)43-11-12-44-26(42)28(2,15-47-23(39)9-5-19(33)34)16-48-24(40)10-6-20(35)36/h3-16H2,1-2H3,(H,29,30)(H,31,32)(H,33,34)(H,35,36). The second-order valence-corrected chi connectivity index (χ2v) is 10.6. The molecule has 0 unspecified atom stereocenters. The van der Waals surface area contributed by atoms with Gasteiger partial charge < -0.3 is 48.8 Å². The molecule has 48 heavy (non-hydrogen) atoms. The van der Waals surface area contributed by atoms with Gasteiger partial charge in [0.2, 0.25) is 0 Å². The summed E-state index contributed by atoms with van der Waals surface area (Å²) in [7, 11) is 0. The number of carbonyl (C=O) groups excluding carboxylic acids is 6. The van der Waals surface area contributed by atoms with E-state index in [-0.39, 0.29) is 0 Å². The van der Waals surface area contributed by atoms with Gasteiger partial charge in [-0.05, 0) is 13.8 Å². The fourth-order valence-electron chi connectivity index (χ4n) is 3.02. The van der Waals surface area contributed by atoms with Crippen molar-refractivity contribution in [1.82, 2.24) is 0 Å². The first kappa shape index (κ1) is 42.7. The maximum atomic E-state index is 12.9. The Morgan fingerprint density at radius 2 is 0.583 bits per heavy atom. The Hall–Kier alpha value is -5.30. The Bertz CT molecular complexity index is 1040. The van der Waals surface area contributed by atoms with Gasteiger partial charge in [-0.2, -0.15) is 0 Å². The molecule has 270 valence electrons. The van der Waals surface area contributed by atoms with Crippen molar-refractivity contribution in [3.8, 4) is 0 Å². The molecule has 0 aliphatic carbocycles. The van der Waals surface area contributed by atoms with Crippen LogP contribution in [-0.2, 0) is 76.4 Å². The van der Waals surface area contributed by atoms with E-state index in [0.717, 1.165) is 13.8 Å². The van der Waals surface area contributed by atoms with Gasteiger partial charge in [-0.3, -0.25) is 47.9 Å². The monoisotopic (exact) mass is 694 g/mol. The zero-order valence-corrected chi connectivity index (χ0v) is 26.2. The minimum Gasteiger partial charge on any atom is -0.481 e. The summed E-state index contributed by atoms with van der Waals surface area (Å²) in [6.07, 6.45) is -4.46. The molecule has 0 heterocycles. The summed E-state index contributed by atoms with van der Waals surface area (Å²) in [5.74, 6) is -11.5. The van der Waals surface area contributed by atoms with E-state index < -0.39 is 162 Å². The summed E-state index contributed by atoms with van der Waals surface area (Å²) < 4.78 is 29.9. The van der Waals surface area contributed by atoms with Crippen LogP contribution in [0.3, 0.4) is 0 Å². The lowest BCUT2D eigenvalue weighted by molar-refractivity contribution is -0.178. The maximum Gasteiger partial charge on any atom is 0.318 e. The highest BCUT2D eigenvalue weighted by Crippen LogP contribution is 2.23. The van der Waals surface area contributed by atoms with Crippen molar-refractivity contribution >= 4 is 59.7 Å². The largest absolute Gasteiger partial charge is 0.481 e. The number of esters is 6. The van der Waals surface area contributed by atoms with Crippen LogP contribution in [0, 0.1) is 10.8 Å². The third-order valence-electron chi connectivity index (χ3n) is 5.91. The molecule has 0 radical (unpaired) electrons. The fourth-order valence-corrected chi connectivity index (χ4v) is 3.02. The number of carboxylic acid groups (broad SMARTS) is 4. The van der Waals surface area contributed by atoms with Crippen molar-refractivity contribution in [1.29, 1.82) is 0 Å². The predicted octanol–water partition coefficient (Wildman–Crippen LogP) is -0.283. The average Bonchev–Trinajstić information content (AvgIpc) is 3.01. The van der Waals surface area contributed by atoms with Crippen LogP contribution < -0.4 is 0 Å². The molecule has 0 saturated heterocycles. The first-order valence-electron chi connectivity index (χ1n) is 14.1. The average molecular weight is 695 g/mol. The van der Waals surface area contributed by atoms with E-state index in [0.29, 0.717) is 0 Å². The Kier molecular flexibility index (Phi) is 19.1. The Morgan fingerprint density at radius 3 is 0.771 bits per heavy atom. The normalized spacial score (nSPS) is 11.0. The molecule has 0 fully saturated rings. The van der Waals surface area contributed by atoms with Crippen molar-refractivity contribution in [2.75, 3.05) is 39.6 Å². The molecule has 0 spiro atoms. The number of carboxylic acids is 4. The van der Waals surface area contributed by atoms with Gasteiger partial charge in [0, 0.05) is 0 Å². The lowest BCUT2D eigenvalue weighted by Gasteiger charge is -2.27. The van der Waals surface area contributed by atoms with Gasteiger partial charge in [-0.15, -0.1) is 0 Å². The molecule has 4 N–H and O–H groups in total. The Morgan fingerprint density at radius 1 is 0.375 bits per heavy atom. The molecule has 20 heteroatoms. The van der Waals surface area contributed by atoms with Crippen molar-refractivity contribution < 1.29 is 96.8 Å². The van der Waals surface area contributed by atoms with Crippen LogP contribution >= 0.6 is 0 Å². The predicted molar refractivity (Wildman–Crippen MR) is 149 cm³/mol. The number of carbonyl (C=O) groups is 10. The molecular formula is C28H38O20. The topological polar surface area (TPSA) is 307 Å². The van der Waals surface area contributed by atoms with Gasteiger partial charge >= 0.3 is 59.7 Å². The highest BCUT2D eigenvalue weighted by Gasteiger charge is 2.40. The molecule has 0 aromatic heterocycles. The van der Waals surface area contributed by atoms with E-state index in [1.54, 1.807) is 0 Å². The molecule has 0 aromatic rings. The van der Waals surface area contributed by atoms with E-state index in [2.05, 4.69) is 0 Å². The number of hydrogen-bond acceptors (Lipinski definition) is 16. The summed E-state index contributed by atoms with van der Waals surface area (Å²) in [6, 6.07) is 0. The van der Waals surface area contributed by atoms with E-state index in [1.165, 1.54) is 0 Å². The van der Waals surface area contributed by atoms with Gasteiger partial charge in [0.25, 0.3) is 0 Å². The number of hydrogen-bond donors (Lipinski definition) is 4. The molecule has 0 aliphatic heterocycles. The van der Waals surface area contributed by atoms with Gasteiger partial charge in [-0.25, -0.2) is 0 Å². The van der Waals surface area contributed by atoms with E-state index in [1.807, 2.05) is 0 Å². The first-order chi connectivity index (χ1) is 22.3. The molecule has 0 saturated carbocycles. The van der Waals surface area contributed by atoms with Crippen LogP contribution in [0.5, 0.6) is 0 Å². The van der Waals surface area contributed by atoms with Gasteiger partial charge in [-0.1, -0.05) is 0 Å². The van der Waals surface area contributed by atoms with Gasteiger partial charge in [0.1, 0.15) is 50.5 Å². The van der Waals surface area contributed by atoms with Crippen LogP contribution in [0.15, 0.2) is 0 Å². The molecule has 0 rings (SSSR count). The van der Waals surface area contributed by atoms with Gasteiger partial charge in [0.15, 0.2) is 0 Å². The maximum absolute atomic E-state index is 12.9. The minimum atomic E-state index is -1.88. The van der Waals surface area contributed by atoms with Crippen molar-refractivity contribution in [2.45, 2.75) is 65.2 Å². The first-order valence-corrected chi connectivity index (χ1v) is 14.1. The SMILES string of the molecule is CC(COC(=O)CCC(=O)O)(COC(=O)CCC(=O)O)C(=O)OCCOC(=O)C(C)(COC(=O)CCC(=O)O)COC(=O)CCC(=O)O. The Labute approximate surface area is 272 Å². The van der Waals surface area contributed by atoms with Crippen LogP contribution in [0.25, 0.3) is 0 Å². The van der Waals surface area contributed by atoms with Crippen molar-refractivity contribution in [3.63, 3.8) is 0 Å². The van der Waals surface area contributed by atoms with Crippen LogP contribution in [0.2, 0.25) is 0 Å². The van der Waals surface area contributed by atoms with Crippen LogP contribution in [-0.4, -0.2) is 120 Å². The zero-order valence-electron chi connectivity index (χ0n) is 26.2. The highest BCUT2D eigenvalue weighted by molar-refractivity contribution is 5.81. The summed E-state index contributed by atoms with van der Waals surface area (Å²) >= 11 is 0. The minimum absolute atomic E-state index is 0.544. The highest BCUT2D eigenvalue weighted by atomic mass is 16.6. The van der Waals surface area contributed by atoms with Crippen molar-refractivity contribution in [3.05, 3.63) is 0 Å². The van der Waals surface area contributed by atoms with E-state index >= 15 is 0 Å². The second kappa shape index (κ2) is 21.5. The summed E-state index contributed by atoms with van der Waals surface area (Å²) in [5, 5.41) is 34.8. The summed E-state index contributed by atoms with van der Waals surface area (Å²) in [5.41, 5.74) is -3.77. The smallest absolute Gasteiger partial charge is 0.318 e. The molecule has 0 amide bonds. The number of aliphatic carboxylic acids is 4. The molecule has 0 atom stereocenters. The van der Waals surface area contributed by atoms with Gasteiger partial charge in [0.05, 0.1) is 51.4 Å². The lowest BCUT2D eigenvalue weighted by atomic mass is 9.93. The third-order valence-corrected chi connectivity index (χ3v) is 5.91. The molecule has 0 aliphatic rings. The molecular weight excluding hydrogens is 656 g/mol. The summed E-state index contributed by atoms with van der Waals surface area (Å²) in [6.45, 7) is -2.00. The molecule has 20 nitrogen and oxygen atoms in total. The van der Waals surface area contributed by atoms with Crippen LogP contribution in [0.4, 0.5) is 0 Å². The quantitative estimate of drug-likeness (QED) is 0.0542. The van der Waals surface area contributed by atoms with Crippen LogP contribution in [0.1, 0.15) is 65.2 Å². The summed E-state index contributed by atoms with van der Waals surface area (Å²) in [4.78, 5) is 116.